The number of esters is 2. The highest BCUT2D eigenvalue weighted by atomic mass is 19.0. The van der Waals surface area contributed by atoms with Gasteiger partial charge in [-0.2, -0.15) is 0 Å². The van der Waals surface area contributed by atoms with Crippen molar-refractivity contribution in [2.24, 2.45) is 0 Å². The summed E-state index contributed by atoms with van der Waals surface area (Å²) in [5, 5.41) is 0. The number of hydrogen-bond acceptors (Lipinski definition) is 5. The molecule has 0 amide bonds. The van der Waals surface area contributed by atoms with Crippen LogP contribution < -0.4 is 0 Å². The standard InChI is InChI=1S/C12H18O5.FH/c1-9(2)11(13)16-7-5-15-6-8-17-12(14)10(3)4;/h1,3,5-8H2,2,4H3;1H. The molecule has 0 aromatic rings. The molecule has 0 heterocycles. The Morgan fingerprint density at radius 1 is 0.833 bits per heavy atom. The fourth-order valence-electron chi connectivity index (χ4n) is 0.735. The lowest BCUT2D eigenvalue weighted by atomic mass is 10.4. The Hall–Kier alpha value is -1.69. The van der Waals surface area contributed by atoms with Crippen LogP contribution in [-0.2, 0) is 23.8 Å². The Bertz CT molecular complexity index is 282. The summed E-state index contributed by atoms with van der Waals surface area (Å²) in [6.07, 6.45) is 0. The van der Waals surface area contributed by atoms with E-state index in [1.807, 2.05) is 0 Å². The molecule has 0 rings (SSSR count). The van der Waals surface area contributed by atoms with Gasteiger partial charge in [0.05, 0.1) is 13.2 Å². The van der Waals surface area contributed by atoms with E-state index in [0.717, 1.165) is 0 Å². The molecule has 0 aliphatic rings. The number of hydrogen-bond donors (Lipinski definition) is 0. The van der Waals surface area contributed by atoms with Gasteiger partial charge in [0.25, 0.3) is 0 Å². The normalized spacial score (nSPS) is 9.00. The topological polar surface area (TPSA) is 61.8 Å². The SMILES string of the molecule is C=C(C)C(=O)OCCOCCOC(=O)C(=C)C.F. The molecule has 5 nitrogen and oxygen atoms in total. The molecule has 0 N–H and O–H groups in total. The molecule has 0 bridgehead atoms. The van der Waals surface area contributed by atoms with Crippen molar-refractivity contribution in [2.45, 2.75) is 13.8 Å². The van der Waals surface area contributed by atoms with Crippen LogP contribution >= 0.6 is 0 Å². The van der Waals surface area contributed by atoms with E-state index in [2.05, 4.69) is 13.2 Å². The Labute approximate surface area is 106 Å². The molecular formula is C12H19FO5. The van der Waals surface area contributed by atoms with E-state index in [1.54, 1.807) is 13.8 Å². The van der Waals surface area contributed by atoms with Gasteiger partial charge in [0.15, 0.2) is 0 Å². The summed E-state index contributed by atoms with van der Waals surface area (Å²) in [6, 6.07) is 0. The van der Waals surface area contributed by atoms with Crippen molar-refractivity contribution in [1.29, 1.82) is 0 Å². The molecule has 0 fully saturated rings. The highest BCUT2D eigenvalue weighted by Crippen LogP contribution is 1.93. The monoisotopic (exact) mass is 262 g/mol. The van der Waals surface area contributed by atoms with Gasteiger partial charge in [-0.25, -0.2) is 9.59 Å². The zero-order valence-electron chi connectivity index (χ0n) is 10.7. The zero-order valence-corrected chi connectivity index (χ0v) is 10.7. The van der Waals surface area contributed by atoms with Gasteiger partial charge in [-0.1, -0.05) is 13.2 Å². The second-order valence-corrected chi connectivity index (χ2v) is 3.44. The first-order valence-electron chi connectivity index (χ1n) is 5.18. The average molecular weight is 262 g/mol. The van der Waals surface area contributed by atoms with E-state index in [9.17, 15) is 9.59 Å². The first-order valence-corrected chi connectivity index (χ1v) is 5.18. The highest BCUT2D eigenvalue weighted by Gasteiger charge is 2.03. The number of halogens is 1. The molecule has 6 heteroatoms. The summed E-state index contributed by atoms with van der Waals surface area (Å²) >= 11 is 0. The Morgan fingerprint density at radius 3 is 1.44 bits per heavy atom. The van der Waals surface area contributed by atoms with Gasteiger partial charge < -0.3 is 14.2 Å². The molecule has 0 aromatic carbocycles. The largest absolute Gasteiger partial charge is 0.460 e. The van der Waals surface area contributed by atoms with Crippen LogP contribution in [0.25, 0.3) is 0 Å². The molecule has 0 saturated carbocycles. The number of ether oxygens (including phenoxy) is 3. The molecule has 0 aliphatic heterocycles. The van der Waals surface area contributed by atoms with E-state index in [0.29, 0.717) is 11.1 Å². The highest BCUT2D eigenvalue weighted by molar-refractivity contribution is 5.87. The maximum atomic E-state index is 10.9. The third kappa shape index (κ3) is 9.53. The quantitative estimate of drug-likeness (QED) is 0.376. The summed E-state index contributed by atoms with van der Waals surface area (Å²) in [6.45, 7) is 10.8. The van der Waals surface area contributed by atoms with Gasteiger partial charge in [-0.05, 0) is 13.8 Å². The number of carbonyl (C=O) groups excluding carboxylic acids is 2. The van der Waals surface area contributed by atoms with E-state index >= 15 is 0 Å². The predicted molar refractivity (Wildman–Crippen MR) is 64.9 cm³/mol. The minimum Gasteiger partial charge on any atom is -0.460 e. The molecule has 0 spiro atoms. The van der Waals surface area contributed by atoms with Crippen LogP contribution in [0.1, 0.15) is 13.8 Å². The third-order valence-electron chi connectivity index (χ3n) is 1.62. The molecule has 0 aromatic heterocycles. The van der Waals surface area contributed by atoms with Crippen molar-refractivity contribution in [2.75, 3.05) is 26.4 Å². The summed E-state index contributed by atoms with van der Waals surface area (Å²) in [7, 11) is 0. The van der Waals surface area contributed by atoms with Crippen molar-refractivity contribution in [3.63, 3.8) is 0 Å². The Kier molecular flexibility index (Phi) is 10.9. The van der Waals surface area contributed by atoms with Crippen molar-refractivity contribution in [3.8, 4) is 0 Å². The lowest BCUT2D eigenvalue weighted by Gasteiger charge is -2.06. The van der Waals surface area contributed by atoms with Crippen LogP contribution in [0.5, 0.6) is 0 Å². The van der Waals surface area contributed by atoms with Crippen LogP contribution in [0, 0.1) is 0 Å². The molecular weight excluding hydrogens is 243 g/mol. The van der Waals surface area contributed by atoms with Gasteiger partial charge in [0.1, 0.15) is 13.2 Å². The number of rotatable bonds is 8. The average Bonchev–Trinajstić information content (AvgIpc) is 2.26. The fraction of sp³-hybridized carbons (Fsp3) is 0.500. The van der Waals surface area contributed by atoms with Gasteiger partial charge in [0, 0.05) is 11.1 Å². The van der Waals surface area contributed by atoms with Crippen LogP contribution in [0.2, 0.25) is 0 Å². The van der Waals surface area contributed by atoms with Crippen molar-refractivity contribution in [1.82, 2.24) is 0 Å². The molecule has 0 unspecified atom stereocenters. The van der Waals surface area contributed by atoms with Gasteiger partial charge in [-0.3, -0.25) is 4.70 Å². The van der Waals surface area contributed by atoms with Crippen LogP contribution in [0.4, 0.5) is 4.70 Å². The van der Waals surface area contributed by atoms with E-state index in [-0.39, 0.29) is 31.1 Å². The van der Waals surface area contributed by atoms with Crippen LogP contribution in [-0.4, -0.2) is 38.4 Å². The van der Waals surface area contributed by atoms with Gasteiger partial charge in [0.2, 0.25) is 0 Å². The Morgan fingerprint density at radius 2 is 1.17 bits per heavy atom. The lowest BCUT2D eigenvalue weighted by Crippen LogP contribution is -2.14. The summed E-state index contributed by atoms with van der Waals surface area (Å²) in [5.74, 6) is -0.885. The van der Waals surface area contributed by atoms with Crippen LogP contribution in [0.3, 0.4) is 0 Å². The lowest BCUT2D eigenvalue weighted by molar-refractivity contribution is -0.141. The third-order valence-corrected chi connectivity index (χ3v) is 1.62. The van der Waals surface area contributed by atoms with Crippen molar-refractivity contribution < 1.29 is 28.5 Å². The summed E-state index contributed by atoms with van der Waals surface area (Å²) < 4.78 is 14.6. The van der Waals surface area contributed by atoms with E-state index < -0.39 is 11.9 Å². The second-order valence-electron chi connectivity index (χ2n) is 3.44. The minimum atomic E-state index is -0.442. The van der Waals surface area contributed by atoms with Crippen molar-refractivity contribution >= 4 is 11.9 Å². The molecule has 0 saturated heterocycles. The summed E-state index contributed by atoms with van der Waals surface area (Å²) in [4.78, 5) is 21.9. The fourth-order valence-corrected chi connectivity index (χ4v) is 0.735. The predicted octanol–water partition coefficient (Wildman–Crippen LogP) is 1.39. The molecule has 0 radical (unpaired) electrons. The first-order chi connectivity index (χ1) is 7.95. The van der Waals surface area contributed by atoms with Crippen molar-refractivity contribution in [3.05, 3.63) is 24.3 Å². The smallest absolute Gasteiger partial charge is 0.333 e. The molecule has 18 heavy (non-hydrogen) atoms. The van der Waals surface area contributed by atoms with E-state index in [4.69, 9.17) is 14.2 Å². The van der Waals surface area contributed by atoms with Gasteiger partial charge in [-0.15, -0.1) is 0 Å². The van der Waals surface area contributed by atoms with Gasteiger partial charge >= 0.3 is 11.9 Å². The summed E-state index contributed by atoms with van der Waals surface area (Å²) in [5.41, 5.74) is 0.695. The van der Waals surface area contributed by atoms with Crippen LogP contribution in [0.15, 0.2) is 24.3 Å². The van der Waals surface area contributed by atoms with E-state index in [1.165, 1.54) is 0 Å². The molecule has 0 aliphatic carbocycles. The second kappa shape index (κ2) is 10.5. The molecule has 0 atom stereocenters. The minimum absolute atomic E-state index is 0. The Balaban J connectivity index is 0. The molecule has 104 valence electrons. The zero-order chi connectivity index (χ0) is 13.3. The maximum absolute atomic E-state index is 10.9. The first kappa shape index (κ1) is 18.7. The maximum Gasteiger partial charge on any atom is 0.333 e. The number of carbonyl (C=O) groups is 2.